The minimum absolute atomic E-state index is 0.384. The number of carbonyl (C=O) groups is 1. The number of hydrogen-bond donors (Lipinski definition) is 2. The summed E-state index contributed by atoms with van der Waals surface area (Å²) in [7, 11) is 0. The normalized spacial score (nSPS) is 12.1. The van der Waals surface area contributed by atoms with Crippen LogP contribution in [0.25, 0.3) is 0 Å². The Bertz CT molecular complexity index is 538. The van der Waals surface area contributed by atoms with Crippen molar-refractivity contribution in [2.75, 3.05) is 6.61 Å². The summed E-state index contributed by atoms with van der Waals surface area (Å²) >= 11 is 1.65. The summed E-state index contributed by atoms with van der Waals surface area (Å²) < 4.78 is 5.39. The van der Waals surface area contributed by atoms with E-state index in [1.54, 1.807) is 11.3 Å². The zero-order chi connectivity index (χ0) is 14.4. The third-order valence-corrected chi connectivity index (χ3v) is 3.75. The number of rotatable bonds is 7. The van der Waals surface area contributed by atoms with Crippen LogP contribution in [-0.2, 0) is 11.3 Å². The van der Waals surface area contributed by atoms with Crippen molar-refractivity contribution < 1.29 is 9.53 Å². The highest BCUT2D eigenvalue weighted by Gasteiger charge is 2.17. The molecular formula is C15H18N2O2S. The van der Waals surface area contributed by atoms with Crippen LogP contribution in [-0.4, -0.2) is 12.5 Å². The maximum absolute atomic E-state index is 11.6. The summed E-state index contributed by atoms with van der Waals surface area (Å²) in [5.41, 5.74) is 6.32. The van der Waals surface area contributed by atoms with Gasteiger partial charge in [-0.2, -0.15) is 0 Å². The largest absolute Gasteiger partial charge is 0.494 e. The average molecular weight is 290 g/mol. The number of hydrogen-bond acceptors (Lipinski definition) is 4. The van der Waals surface area contributed by atoms with E-state index >= 15 is 0 Å². The second-order valence-electron chi connectivity index (χ2n) is 4.30. The molecule has 0 saturated carbocycles. The molecule has 0 radical (unpaired) electrons. The van der Waals surface area contributed by atoms with Gasteiger partial charge in [0.2, 0.25) is 5.91 Å². The molecule has 106 valence electrons. The third kappa shape index (κ3) is 3.82. The summed E-state index contributed by atoms with van der Waals surface area (Å²) in [4.78, 5) is 12.8. The quantitative estimate of drug-likeness (QED) is 0.823. The third-order valence-electron chi connectivity index (χ3n) is 2.87. The fourth-order valence-corrected chi connectivity index (χ4v) is 2.58. The summed E-state index contributed by atoms with van der Waals surface area (Å²) in [6.45, 7) is 3.18. The molecule has 1 heterocycles. The average Bonchev–Trinajstić information content (AvgIpc) is 2.94. The molecule has 0 bridgehead atoms. The minimum atomic E-state index is -0.493. The fourth-order valence-electron chi connectivity index (χ4n) is 1.92. The molecule has 2 aromatic rings. The molecule has 3 N–H and O–H groups in total. The molecule has 0 fully saturated rings. The number of thiophene rings is 1. The van der Waals surface area contributed by atoms with Crippen molar-refractivity contribution >= 4 is 17.2 Å². The monoisotopic (exact) mass is 290 g/mol. The second kappa shape index (κ2) is 7.07. The van der Waals surface area contributed by atoms with Crippen LogP contribution in [0, 0.1) is 0 Å². The molecule has 0 saturated heterocycles. The lowest BCUT2D eigenvalue weighted by Gasteiger charge is -2.16. The molecule has 1 amide bonds. The maximum Gasteiger partial charge on any atom is 0.239 e. The highest BCUT2D eigenvalue weighted by molar-refractivity contribution is 7.09. The SMILES string of the molecule is CCOc1ccc(C(NCc2cccs2)C(N)=O)cc1. The standard InChI is InChI=1S/C15H18N2O2S/c1-2-19-12-7-5-11(6-8-12)14(15(16)18)17-10-13-4-3-9-20-13/h3-9,14,17H,2,10H2,1H3,(H2,16,18). The first-order valence-electron chi connectivity index (χ1n) is 6.48. The van der Waals surface area contributed by atoms with Crippen LogP contribution in [0.3, 0.4) is 0 Å². The lowest BCUT2D eigenvalue weighted by molar-refractivity contribution is -0.120. The smallest absolute Gasteiger partial charge is 0.239 e. The first-order valence-corrected chi connectivity index (χ1v) is 7.36. The summed E-state index contributed by atoms with van der Waals surface area (Å²) in [6.07, 6.45) is 0. The molecule has 4 nitrogen and oxygen atoms in total. The van der Waals surface area contributed by atoms with Crippen molar-refractivity contribution in [2.45, 2.75) is 19.5 Å². The van der Waals surface area contributed by atoms with Gasteiger partial charge in [0, 0.05) is 11.4 Å². The van der Waals surface area contributed by atoms with E-state index < -0.39 is 6.04 Å². The van der Waals surface area contributed by atoms with Gasteiger partial charge in [-0.05, 0) is 36.1 Å². The molecule has 1 atom stereocenters. The molecular weight excluding hydrogens is 272 g/mol. The maximum atomic E-state index is 11.6. The van der Waals surface area contributed by atoms with Gasteiger partial charge in [0.05, 0.1) is 6.61 Å². The van der Waals surface area contributed by atoms with E-state index in [-0.39, 0.29) is 5.91 Å². The van der Waals surface area contributed by atoms with E-state index in [9.17, 15) is 4.79 Å². The van der Waals surface area contributed by atoms with Gasteiger partial charge in [0.15, 0.2) is 0 Å². The molecule has 5 heteroatoms. The number of primary amides is 1. The van der Waals surface area contributed by atoms with Gasteiger partial charge in [0.25, 0.3) is 0 Å². The van der Waals surface area contributed by atoms with Gasteiger partial charge in [0.1, 0.15) is 11.8 Å². The van der Waals surface area contributed by atoms with Crippen molar-refractivity contribution in [3.8, 4) is 5.75 Å². The number of amides is 1. The molecule has 0 aliphatic carbocycles. The lowest BCUT2D eigenvalue weighted by Crippen LogP contribution is -2.33. The van der Waals surface area contributed by atoms with E-state index in [0.29, 0.717) is 13.2 Å². The Hall–Kier alpha value is -1.85. The van der Waals surface area contributed by atoms with Gasteiger partial charge >= 0.3 is 0 Å². The van der Waals surface area contributed by atoms with E-state index in [2.05, 4.69) is 5.32 Å². The molecule has 1 aromatic carbocycles. The van der Waals surface area contributed by atoms with Crippen LogP contribution in [0.2, 0.25) is 0 Å². The first-order chi connectivity index (χ1) is 9.70. The highest BCUT2D eigenvalue weighted by atomic mass is 32.1. The number of nitrogens with one attached hydrogen (secondary N) is 1. The van der Waals surface area contributed by atoms with Gasteiger partial charge in [-0.3, -0.25) is 10.1 Å². The number of ether oxygens (including phenoxy) is 1. The Morgan fingerprint density at radius 3 is 2.65 bits per heavy atom. The minimum Gasteiger partial charge on any atom is -0.494 e. The zero-order valence-corrected chi connectivity index (χ0v) is 12.2. The topological polar surface area (TPSA) is 64.3 Å². The van der Waals surface area contributed by atoms with Crippen LogP contribution in [0.4, 0.5) is 0 Å². The van der Waals surface area contributed by atoms with Crippen LogP contribution in [0.15, 0.2) is 41.8 Å². The second-order valence-corrected chi connectivity index (χ2v) is 5.33. The van der Waals surface area contributed by atoms with Crippen molar-refractivity contribution in [3.05, 3.63) is 52.2 Å². The summed E-state index contributed by atoms with van der Waals surface area (Å²) in [6, 6.07) is 10.9. The number of nitrogens with two attached hydrogens (primary N) is 1. The van der Waals surface area contributed by atoms with Gasteiger partial charge < -0.3 is 10.5 Å². The first kappa shape index (κ1) is 14.6. The Balaban J connectivity index is 2.05. The molecule has 0 aliphatic heterocycles. The zero-order valence-electron chi connectivity index (χ0n) is 11.3. The van der Waals surface area contributed by atoms with E-state index in [1.165, 1.54) is 4.88 Å². The lowest BCUT2D eigenvalue weighted by atomic mass is 10.1. The van der Waals surface area contributed by atoms with E-state index in [0.717, 1.165) is 11.3 Å². The van der Waals surface area contributed by atoms with Crippen molar-refractivity contribution in [3.63, 3.8) is 0 Å². The van der Waals surface area contributed by atoms with Crippen LogP contribution >= 0.6 is 11.3 Å². The predicted octanol–water partition coefficient (Wildman–Crippen LogP) is 2.46. The fraction of sp³-hybridized carbons (Fsp3) is 0.267. The Morgan fingerprint density at radius 2 is 2.10 bits per heavy atom. The van der Waals surface area contributed by atoms with Gasteiger partial charge in [-0.1, -0.05) is 18.2 Å². The van der Waals surface area contributed by atoms with Gasteiger partial charge in [-0.15, -0.1) is 11.3 Å². The highest BCUT2D eigenvalue weighted by Crippen LogP contribution is 2.19. The van der Waals surface area contributed by atoms with Crippen LogP contribution < -0.4 is 15.8 Å². The number of benzene rings is 1. The van der Waals surface area contributed by atoms with Crippen molar-refractivity contribution in [2.24, 2.45) is 5.73 Å². The molecule has 20 heavy (non-hydrogen) atoms. The summed E-state index contributed by atoms with van der Waals surface area (Å²) in [5.74, 6) is 0.406. The molecule has 1 unspecified atom stereocenters. The van der Waals surface area contributed by atoms with E-state index in [4.69, 9.17) is 10.5 Å². The molecule has 0 aliphatic rings. The number of carbonyl (C=O) groups excluding carboxylic acids is 1. The predicted molar refractivity (Wildman–Crippen MR) is 80.7 cm³/mol. The molecule has 2 rings (SSSR count). The Labute approximate surface area is 122 Å². The Kier molecular flexibility index (Phi) is 5.15. The van der Waals surface area contributed by atoms with Crippen molar-refractivity contribution in [1.29, 1.82) is 0 Å². The van der Waals surface area contributed by atoms with Gasteiger partial charge in [-0.25, -0.2) is 0 Å². The van der Waals surface area contributed by atoms with E-state index in [1.807, 2.05) is 48.7 Å². The van der Waals surface area contributed by atoms with Crippen LogP contribution in [0.1, 0.15) is 23.4 Å². The summed E-state index contributed by atoms with van der Waals surface area (Å²) in [5, 5.41) is 5.19. The molecule has 1 aromatic heterocycles. The Morgan fingerprint density at radius 1 is 1.35 bits per heavy atom. The van der Waals surface area contributed by atoms with Crippen molar-refractivity contribution in [1.82, 2.24) is 5.32 Å². The molecule has 0 spiro atoms. The van der Waals surface area contributed by atoms with Crippen LogP contribution in [0.5, 0.6) is 5.75 Å².